The van der Waals surface area contributed by atoms with Crippen molar-refractivity contribution in [3.05, 3.63) is 40.2 Å². The molecular formula is C17H19NO5. The second-order valence-electron chi connectivity index (χ2n) is 5.64. The van der Waals surface area contributed by atoms with E-state index in [-0.39, 0.29) is 18.8 Å². The van der Waals surface area contributed by atoms with Gasteiger partial charge in [0, 0.05) is 18.9 Å². The summed E-state index contributed by atoms with van der Waals surface area (Å²) in [6.45, 7) is 5.58. The lowest BCUT2D eigenvalue weighted by Crippen LogP contribution is -2.26. The summed E-state index contributed by atoms with van der Waals surface area (Å²) in [5.41, 5.74) is 1.39. The van der Waals surface area contributed by atoms with E-state index in [1.165, 1.54) is 11.7 Å². The Bertz CT molecular complexity index is 852. The maximum Gasteiger partial charge on any atom is 0.257 e. The molecule has 6 nitrogen and oxygen atoms in total. The summed E-state index contributed by atoms with van der Waals surface area (Å²) in [6.07, 6.45) is -0.654. The highest BCUT2D eigenvalue weighted by molar-refractivity contribution is 5.93. The third-order valence-corrected chi connectivity index (χ3v) is 4.10. The number of hydrogen-bond donors (Lipinski definition) is 1. The fourth-order valence-electron chi connectivity index (χ4n) is 2.82. The maximum atomic E-state index is 12.8. The molecule has 3 rings (SSSR count). The fraction of sp³-hybridized carbons (Fsp3) is 0.353. The van der Waals surface area contributed by atoms with E-state index in [0.29, 0.717) is 33.9 Å². The van der Waals surface area contributed by atoms with Crippen molar-refractivity contribution in [3.8, 4) is 17.2 Å². The predicted octanol–water partition coefficient (Wildman–Crippen LogP) is 1.76. The molecule has 2 heterocycles. The van der Waals surface area contributed by atoms with Gasteiger partial charge in [0.15, 0.2) is 11.5 Å². The van der Waals surface area contributed by atoms with Gasteiger partial charge in [-0.2, -0.15) is 0 Å². The van der Waals surface area contributed by atoms with Crippen LogP contribution in [0.4, 0.5) is 0 Å². The maximum absolute atomic E-state index is 12.8. The second-order valence-corrected chi connectivity index (χ2v) is 5.64. The molecule has 0 radical (unpaired) electrons. The van der Waals surface area contributed by atoms with E-state index in [1.807, 2.05) is 6.07 Å². The van der Waals surface area contributed by atoms with E-state index < -0.39 is 6.10 Å². The molecule has 0 saturated carbocycles. The van der Waals surface area contributed by atoms with Crippen molar-refractivity contribution < 1.29 is 19.3 Å². The minimum Gasteiger partial charge on any atom is -0.496 e. The monoisotopic (exact) mass is 317 g/mol. The molecule has 0 amide bonds. The van der Waals surface area contributed by atoms with Crippen molar-refractivity contribution in [2.75, 3.05) is 13.9 Å². The minimum atomic E-state index is -0.803. The van der Waals surface area contributed by atoms with E-state index >= 15 is 0 Å². The quantitative estimate of drug-likeness (QED) is 0.870. The second kappa shape index (κ2) is 5.62. The molecule has 1 N–H and O–H groups in total. The van der Waals surface area contributed by atoms with Crippen LogP contribution in [-0.2, 0) is 13.5 Å². The van der Waals surface area contributed by atoms with Crippen LogP contribution in [0, 0.1) is 0 Å². The first-order valence-electron chi connectivity index (χ1n) is 7.27. The van der Waals surface area contributed by atoms with Gasteiger partial charge in [0.05, 0.1) is 18.8 Å². The molecule has 1 atom stereocenters. The van der Waals surface area contributed by atoms with Gasteiger partial charge in [0.25, 0.3) is 5.56 Å². The Labute approximate surface area is 133 Å². The van der Waals surface area contributed by atoms with Crippen LogP contribution < -0.4 is 19.8 Å². The van der Waals surface area contributed by atoms with Gasteiger partial charge in [-0.1, -0.05) is 12.2 Å². The number of ether oxygens (including phenoxy) is 3. The Kier molecular flexibility index (Phi) is 3.77. The van der Waals surface area contributed by atoms with E-state index in [9.17, 15) is 9.90 Å². The summed E-state index contributed by atoms with van der Waals surface area (Å²) in [6, 6.07) is 3.62. The largest absolute Gasteiger partial charge is 0.496 e. The zero-order valence-electron chi connectivity index (χ0n) is 13.4. The number of fused-ring (bicyclic) bond motifs is 3. The van der Waals surface area contributed by atoms with Gasteiger partial charge in [-0.25, -0.2) is 0 Å². The molecule has 1 aliphatic rings. The predicted molar refractivity (Wildman–Crippen MR) is 86.4 cm³/mol. The number of pyridine rings is 1. The zero-order chi connectivity index (χ0) is 16.7. The molecular weight excluding hydrogens is 298 g/mol. The first-order chi connectivity index (χ1) is 11.0. The number of aryl methyl sites for hydroxylation is 1. The van der Waals surface area contributed by atoms with Crippen LogP contribution in [-0.4, -0.2) is 29.7 Å². The molecule has 2 aromatic rings. The van der Waals surface area contributed by atoms with E-state index in [0.717, 1.165) is 5.39 Å². The van der Waals surface area contributed by atoms with Gasteiger partial charge in [0.1, 0.15) is 11.3 Å². The van der Waals surface area contributed by atoms with Gasteiger partial charge < -0.3 is 23.9 Å². The van der Waals surface area contributed by atoms with Crippen molar-refractivity contribution in [2.45, 2.75) is 19.4 Å². The molecule has 6 heteroatoms. The van der Waals surface area contributed by atoms with Gasteiger partial charge >= 0.3 is 0 Å². The molecule has 0 spiro atoms. The highest BCUT2D eigenvalue weighted by Crippen LogP contribution is 2.41. The molecule has 122 valence electrons. The van der Waals surface area contributed by atoms with E-state index in [4.69, 9.17) is 14.2 Å². The van der Waals surface area contributed by atoms with Gasteiger partial charge in [0.2, 0.25) is 6.79 Å². The van der Waals surface area contributed by atoms with Crippen molar-refractivity contribution in [1.29, 1.82) is 0 Å². The Morgan fingerprint density at radius 2 is 2.22 bits per heavy atom. The summed E-state index contributed by atoms with van der Waals surface area (Å²) < 4.78 is 17.9. The van der Waals surface area contributed by atoms with Gasteiger partial charge in [-0.3, -0.25) is 4.79 Å². The van der Waals surface area contributed by atoms with Crippen LogP contribution in [0.1, 0.15) is 12.5 Å². The molecule has 1 aromatic carbocycles. The van der Waals surface area contributed by atoms with Crippen molar-refractivity contribution in [3.63, 3.8) is 0 Å². The molecule has 1 aliphatic heterocycles. The number of aliphatic hydroxyl groups excluding tert-OH is 1. The Hall–Kier alpha value is -2.47. The first-order valence-corrected chi connectivity index (χ1v) is 7.27. The highest BCUT2D eigenvalue weighted by Gasteiger charge is 2.25. The Balaban J connectivity index is 2.31. The number of benzene rings is 1. The molecule has 1 unspecified atom stereocenters. The van der Waals surface area contributed by atoms with Gasteiger partial charge in [-0.05, 0) is 19.1 Å². The van der Waals surface area contributed by atoms with Crippen LogP contribution in [0.2, 0.25) is 0 Å². The summed E-state index contributed by atoms with van der Waals surface area (Å²) in [7, 11) is 3.18. The molecule has 1 aromatic heterocycles. The van der Waals surface area contributed by atoms with Crippen molar-refractivity contribution in [1.82, 2.24) is 4.57 Å². The number of nitrogens with zero attached hydrogens (tertiary/aromatic N) is 1. The fourth-order valence-corrected chi connectivity index (χ4v) is 2.82. The number of methoxy groups -OCH3 is 1. The molecule has 23 heavy (non-hydrogen) atoms. The highest BCUT2D eigenvalue weighted by atomic mass is 16.7. The molecule has 0 aliphatic carbocycles. The smallest absolute Gasteiger partial charge is 0.257 e. The zero-order valence-corrected chi connectivity index (χ0v) is 13.4. The van der Waals surface area contributed by atoms with Crippen molar-refractivity contribution >= 4 is 10.9 Å². The number of rotatable bonds is 4. The van der Waals surface area contributed by atoms with Crippen LogP contribution in [0.3, 0.4) is 0 Å². The van der Waals surface area contributed by atoms with Crippen molar-refractivity contribution in [2.24, 2.45) is 7.05 Å². The topological polar surface area (TPSA) is 69.9 Å². The summed E-state index contributed by atoms with van der Waals surface area (Å²) in [5.74, 6) is 1.58. The normalized spacial score (nSPS) is 14.1. The summed E-state index contributed by atoms with van der Waals surface area (Å²) >= 11 is 0. The lowest BCUT2D eigenvalue weighted by atomic mass is 10.0. The average Bonchev–Trinajstić information content (AvgIpc) is 3.00. The SMILES string of the molecule is C=C(C)C(O)Cc1c(OC)c2ccc3c(c2n(C)c1=O)OCO3. The molecule has 0 bridgehead atoms. The van der Waals surface area contributed by atoms with Gasteiger partial charge in [-0.15, -0.1) is 0 Å². The van der Waals surface area contributed by atoms with Crippen LogP contribution in [0.5, 0.6) is 17.2 Å². The Morgan fingerprint density at radius 3 is 2.87 bits per heavy atom. The first kappa shape index (κ1) is 15.4. The molecule has 0 fully saturated rings. The van der Waals surface area contributed by atoms with Crippen LogP contribution >= 0.6 is 0 Å². The molecule has 0 saturated heterocycles. The lowest BCUT2D eigenvalue weighted by Gasteiger charge is -2.17. The average molecular weight is 317 g/mol. The van der Waals surface area contributed by atoms with E-state index in [2.05, 4.69) is 6.58 Å². The summed E-state index contributed by atoms with van der Waals surface area (Å²) in [4.78, 5) is 12.8. The van der Waals surface area contributed by atoms with E-state index in [1.54, 1.807) is 20.0 Å². The third-order valence-electron chi connectivity index (χ3n) is 4.10. The number of aliphatic hydroxyl groups is 1. The standard InChI is InChI=1S/C17H19NO5/c1-9(2)12(19)7-11-15(21-4)10-5-6-13-16(23-8-22-13)14(10)18(3)17(11)20/h5-6,12,19H,1,7-8H2,2-4H3. The lowest BCUT2D eigenvalue weighted by molar-refractivity contribution is 0.174. The summed E-state index contributed by atoms with van der Waals surface area (Å²) in [5, 5.41) is 10.8. The minimum absolute atomic E-state index is 0.126. The van der Waals surface area contributed by atoms with Crippen LogP contribution in [0.25, 0.3) is 10.9 Å². The number of hydrogen-bond acceptors (Lipinski definition) is 5. The Morgan fingerprint density at radius 1 is 1.48 bits per heavy atom. The number of aromatic nitrogens is 1. The van der Waals surface area contributed by atoms with Crippen LogP contribution in [0.15, 0.2) is 29.1 Å². The third kappa shape index (κ3) is 2.35.